The fraction of sp³-hybridized carbons (Fsp3) is 0.318. The lowest BCUT2D eigenvalue weighted by molar-refractivity contribution is -0.119. The molecule has 3 rings (SSSR count). The van der Waals surface area contributed by atoms with E-state index in [1.807, 2.05) is 30.3 Å². The van der Waals surface area contributed by atoms with E-state index in [4.69, 9.17) is 22.8 Å². The van der Waals surface area contributed by atoms with Gasteiger partial charge in [0.15, 0.2) is 0 Å². The fourth-order valence-electron chi connectivity index (χ4n) is 3.57. The lowest BCUT2D eigenvalue weighted by Gasteiger charge is -2.48. The van der Waals surface area contributed by atoms with Crippen molar-refractivity contribution in [2.24, 2.45) is 0 Å². The number of carbonyl (C=O) groups is 1. The second kappa shape index (κ2) is 9.22. The maximum absolute atomic E-state index is 12.8. The first-order valence-corrected chi connectivity index (χ1v) is 9.54. The Bertz CT molecular complexity index is 844. The van der Waals surface area contributed by atoms with Gasteiger partial charge < -0.3 is 9.84 Å². The highest BCUT2D eigenvalue weighted by atomic mass is 35.5. The van der Waals surface area contributed by atoms with Gasteiger partial charge in [0.05, 0.1) is 6.61 Å². The molecule has 1 amide bonds. The third-order valence-corrected chi connectivity index (χ3v) is 5.18. The summed E-state index contributed by atoms with van der Waals surface area (Å²) in [6.07, 6.45) is 5.64. The Balaban J connectivity index is 1.95. The Kier molecular flexibility index (Phi) is 6.71. The Hall–Kier alpha value is -2.36. The minimum absolute atomic E-state index is 0.163. The summed E-state index contributed by atoms with van der Waals surface area (Å²) < 4.78 is 5.69. The maximum atomic E-state index is 12.8. The first-order valence-electron chi connectivity index (χ1n) is 9.16. The third-order valence-electron chi connectivity index (χ3n) is 4.94. The molecular weight excluding hydrogens is 376 g/mol. The van der Waals surface area contributed by atoms with Crippen molar-refractivity contribution in [3.8, 4) is 12.3 Å². The Morgan fingerprint density at radius 1 is 1.32 bits per heavy atom. The summed E-state index contributed by atoms with van der Waals surface area (Å²) in [6, 6.07) is 16.6. The standard InChI is InChI=1S/C22H23ClN2O3/c1-2-20(26)25(19-11-6-10-18(23)14-19)22(12-7-13-28-16-22)21(27)24-15-17-8-4-3-5-9-17/h1,3-6,8-11,14,21,24,27H,7,12-13,15-16H2. The molecular formula is C22H23ClN2O3. The van der Waals surface area contributed by atoms with Gasteiger partial charge >= 0.3 is 5.91 Å². The number of terminal acetylenes is 1. The minimum Gasteiger partial charge on any atom is -0.379 e. The molecule has 0 aromatic heterocycles. The van der Waals surface area contributed by atoms with Crippen LogP contribution in [0.4, 0.5) is 5.69 Å². The van der Waals surface area contributed by atoms with Gasteiger partial charge in [-0.1, -0.05) is 48.0 Å². The molecule has 2 aromatic carbocycles. The van der Waals surface area contributed by atoms with Crippen LogP contribution in [0.3, 0.4) is 0 Å². The van der Waals surface area contributed by atoms with Crippen molar-refractivity contribution in [3.63, 3.8) is 0 Å². The van der Waals surface area contributed by atoms with Gasteiger partial charge in [-0.05, 0) is 42.5 Å². The second-order valence-electron chi connectivity index (χ2n) is 6.79. The summed E-state index contributed by atoms with van der Waals surface area (Å²) >= 11 is 6.14. The summed E-state index contributed by atoms with van der Waals surface area (Å²) in [6.45, 7) is 1.17. The number of ether oxygens (including phenoxy) is 1. The molecule has 0 saturated carbocycles. The van der Waals surface area contributed by atoms with E-state index in [-0.39, 0.29) is 6.61 Å². The number of amides is 1. The van der Waals surface area contributed by atoms with E-state index in [2.05, 4.69) is 11.2 Å². The summed E-state index contributed by atoms with van der Waals surface area (Å²) in [5, 5.41) is 14.8. The smallest absolute Gasteiger partial charge is 0.303 e. The molecule has 5 nitrogen and oxygen atoms in total. The number of hydrogen-bond donors (Lipinski definition) is 2. The van der Waals surface area contributed by atoms with E-state index in [1.165, 1.54) is 4.90 Å². The lowest BCUT2D eigenvalue weighted by Crippen LogP contribution is -2.67. The van der Waals surface area contributed by atoms with Crippen LogP contribution in [0.1, 0.15) is 18.4 Å². The molecule has 1 saturated heterocycles. The molecule has 1 heterocycles. The molecule has 0 spiro atoms. The average Bonchev–Trinajstić information content (AvgIpc) is 2.73. The van der Waals surface area contributed by atoms with Crippen molar-refractivity contribution >= 4 is 23.2 Å². The van der Waals surface area contributed by atoms with Crippen LogP contribution < -0.4 is 10.2 Å². The second-order valence-corrected chi connectivity index (χ2v) is 7.23. The Morgan fingerprint density at radius 2 is 2.11 bits per heavy atom. The van der Waals surface area contributed by atoms with Crippen molar-refractivity contribution in [1.82, 2.24) is 5.32 Å². The summed E-state index contributed by atoms with van der Waals surface area (Å²) in [5.74, 6) is 1.64. The van der Waals surface area contributed by atoms with Crippen molar-refractivity contribution in [3.05, 3.63) is 65.2 Å². The molecule has 0 aliphatic carbocycles. The largest absolute Gasteiger partial charge is 0.379 e. The summed E-state index contributed by atoms with van der Waals surface area (Å²) in [7, 11) is 0. The number of nitrogens with one attached hydrogen (secondary N) is 1. The highest BCUT2D eigenvalue weighted by molar-refractivity contribution is 6.31. The third kappa shape index (κ3) is 4.37. The van der Waals surface area contributed by atoms with E-state index < -0.39 is 17.7 Å². The van der Waals surface area contributed by atoms with Crippen molar-refractivity contribution in [2.45, 2.75) is 31.2 Å². The molecule has 0 radical (unpaired) electrons. The van der Waals surface area contributed by atoms with E-state index in [1.54, 1.807) is 24.3 Å². The van der Waals surface area contributed by atoms with Gasteiger partial charge in [0.25, 0.3) is 0 Å². The highest BCUT2D eigenvalue weighted by Gasteiger charge is 2.48. The molecule has 28 heavy (non-hydrogen) atoms. The predicted octanol–water partition coefficient (Wildman–Crippen LogP) is 2.96. The number of rotatable bonds is 6. The van der Waals surface area contributed by atoms with Crippen LogP contribution in [-0.4, -0.2) is 36.0 Å². The molecule has 146 valence electrons. The molecule has 1 aliphatic heterocycles. The van der Waals surface area contributed by atoms with Crippen molar-refractivity contribution < 1.29 is 14.6 Å². The van der Waals surface area contributed by atoms with Crippen LogP contribution in [-0.2, 0) is 16.1 Å². The number of anilines is 1. The molecule has 1 aliphatic rings. The summed E-state index contributed by atoms with van der Waals surface area (Å²) in [5.41, 5.74) is 0.508. The maximum Gasteiger partial charge on any atom is 0.303 e. The fourth-order valence-corrected chi connectivity index (χ4v) is 3.76. The van der Waals surface area contributed by atoms with Gasteiger partial charge in [0.2, 0.25) is 0 Å². The van der Waals surface area contributed by atoms with Crippen LogP contribution in [0, 0.1) is 12.3 Å². The summed E-state index contributed by atoms with van der Waals surface area (Å²) in [4.78, 5) is 14.2. The zero-order valence-electron chi connectivity index (χ0n) is 15.5. The minimum atomic E-state index is -1.05. The number of hydrogen-bond acceptors (Lipinski definition) is 4. The average molecular weight is 399 g/mol. The SMILES string of the molecule is C#CC(=O)N(c1cccc(Cl)c1)C1(C(O)NCc2ccccc2)CCCOC1. The zero-order chi connectivity index (χ0) is 20.0. The van der Waals surface area contributed by atoms with Gasteiger partial charge in [-0.3, -0.25) is 15.0 Å². The number of aliphatic hydroxyl groups excluding tert-OH is 1. The van der Waals surface area contributed by atoms with Crippen LogP contribution in [0.2, 0.25) is 5.02 Å². The first kappa shape index (κ1) is 20.4. The van der Waals surface area contributed by atoms with Crippen molar-refractivity contribution in [1.29, 1.82) is 0 Å². The number of aliphatic hydroxyl groups is 1. The van der Waals surface area contributed by atoms with Gasteiger partial charge in [-0.25, -0.2) is 0 Å². The molecule has 2 N–H and O–H groups in total. The first-order chi connectivity index (χ1) is 13.6. The van der Waals surface area contributed by atoms with Crippen molar-refractivity contribution in [2.75, 3.05) is 18.1 Å². The molecule has 6 heteroatoms. The molecule has 2 atom stereocenters. The number of carbonyl (C=O) groups excluding carboxylic acids is 1. The number of halogens is 1. The van der Waals surface area contributed by atoms with Crippen LogP contribution in [0.15, 0.2) is 54.6 Å². The molecule has 2 aromatic rings. The lowest BCUT2D eigenvalue weighted by atomic mass is 9.87. The predicted molar refractivity (Wildman–Crippen MR) is 110 cm³/mol. The van der Waals surface area contributed by atoms with Gasteiger partial charge in [-0.2, -0.15) is 0 Å². The van der Waals surface area contributed by atoms with Gasteiger partial charge in [0.1, 0.15) is 11.8 Å². The van der Waals surface area contributed by atoms with E-state index in [9.17, 15) is 9.90 Å². The van der Waals surface area contributed by atoms with Crippen LogP contribution in [0.5, 0.6) is 0 Å². The van der Waals surface area contributed by atoms with Gasteiger partial charge in [0, 0.05) is 23.9 Å². The topological polar surface area (TPSA) is 61.8 Å². The van der Waals surface area contributed by atoms with E-state index in [0.29, 0.717) is 36.7 Å². The van der Waals surface area contributed by atoms with Crippen LogP contribution >= 0.6 is 11.6 Å². The molecule has 1 fully saturated rings. The Labute approximate surface area is 170 Å². The van der Waals surface area contributed by atoms with E-state index >= 15 is 0 Å². The van der Waals surface area contributed by atoms with Gasteiger partial charge in [-0.15, -0.1) is 6.42 Å². The Morgan fingerprint density at radius 3 is 2.75 bits per heavy atom. The molecule has 2 unspecified atom stereocenters. The molecule has 0 bridgehead atoms. The number of nitrogens with zero attached hydrogens (tertiary/aromatic N) is 1. The normalized spacial score (nSPS) is 20.2. The van der Waals surface area contributed by atoms with Crippen LogP contribution in [0.25, 0.3) is 0 Å². The monoisotopic (exact) mass is 398 g/mol. The van der Waals surface area contributed by atoms with E-state index in [0.717, 1.165) is 5.56 Å². The zero-order valence-corrected chi connectivity index (χ0v) is 16.2. The number of benzene rings is 2. The highest BCUT2D eigenvalue weighted by Crippen LogP contribution is 2.35. The quantitative estimate of drug-likeness (QED) is 0.580.